The van der Waals surface area contributed by atoms with Gasteiger partial charge in [0.2, 0.25) is 5.95 Å². The molecule has 1 aliphatic rings. The molecule has 0 saturated carbocycles. The highest BCUT2D eigenvalue weighted by atomic mass is 15.3. The standard InChI is InChI=1S/C25H32N6/c1-4-30(5-2)21-11-12-22(19(3)17-21)28-24-13-14-27-25(29-24)31-16-15-26-23(18-31)20-9-7-6-8-10-20/h6-14,17,23,26H,4-5,15-16,18H2,1-3H3,(H,27,28,29). The predicted octanol–water partition coefficient (Wildman–Crippen LogP) is 4.53. The van der Waals surface area contributed by atoms with Gasteiger partial charge in [-0.15, -0.1) is 0 Å². The summed E-state index contributed by atoms with van der Waals surface area (Å²) in [6.07, 6.45) is 1.84. The number of aryl methyl sites for hydroxylation is 1. The van der Waals surface area contributed by atoms with Crippen molar-refractivity contribution >= 4 is 23.1 Å². The summed E-state index contributed by atoms with van der Waals surface area (Å²) >= 11 is 0. The molecule has 3 aromatic rings. The molecule has 1 atom stereocenters. The van der Waals surface area contributed by atoms with E-state index >= 15 is 0 Å². The zero-order valence-electron chi connectivity index (χ0n) is 18.7. The van der Waals surface area contributed by atoms with E-state index in [1.165, 1.54) is 16.8 Å². The molecule has 0 radical (unpaired) electrons. The third-order valence-corrected chi connectivity index (χ3v) is 5.90. The van der Waals surface area contributed by atoms with Gasteiger partial charge in [0.05, 0.1) is 0 Å². The number of hydrogen-bond acceptors (Lipinski definition) is 6. The summed E-state index contributed by atoms with van der Waals surface area (Å²) in [5, 5.41) is 7.09. The zero-order valence-corrected chi connectivity index (χ0v) is 18.7. The van der Waals surface area contributed by atoms with E-state index in [0.29, 0.717) is 0 Å². The zero-order chi connectivity index (χ0) is 21.6. The van der Waals surface area contributed by atoms with Crippen molar-refractivity contribution in [1.82, 2.24) is 15.3 Å². The van der Waals surface area contributed by atoms with E-state index in [4.69, 9.17) is 4.98 Å². The molecule has 6 nitrogen and oxygen atoms in total. The Balaban J connectivity index is 1.48. The molecule has 2 aromatic carbocycles. The first-order chi connectivity index (χ1) is 15.2. The Morgan fingerprint density at radius 1 is 1.10 bits per heavy atom. The number of nitrogens with one attached hydrogen (secondary N) is 2. The lowest BCUT2D eigenvalue weighted by Gasteiger charge is -2.34. The molecule has 31 heavy (non-hydrogen) atoms. The molecular weight excluding hydrogens is 384 g/mol. The van der Waals surface area contributed by atoms with Crippen molar-refractivity contribution in [2.45, 2.75) is 26.8 Å². The second-order valence-electron chi connectivity index (χ2n) is 7.90. The minimum Gasteiger partial charge on any atom is -0.372 e. The summed E-state index contributed by atoms with van der Waals surface area (Å²) in [7, 11) is 0. The molecule has 2 N–H and O–H groups in total. The van der Waals surface area contributed by atoms with Gasteiger partial charge in [0.15, 0.2) is 0 Å². The van der Waals surface area contributed by atoms with Crippen molar-refractivity contribution in [3.8, 4) is 0 Å². The first-order valence-electron chi connectivity index (χ1n) is 11.2. The fourth-order valence-corrected chi connectivity index (χ4v) is 4.12. The van der Waals surface area contributed by atoms with Crippen LogP contribution in [0.15, 0.2) is 60.8 Å². The van der Waals surface area contributed by atoms with Crippen LogP contribution < -0.4 is 20.4 Å². The summed E-state index contributed by atoms with van der Waals surface area (Å²) < 4.78 is 0. The van der Waals surface area contributed by atoms with E-state index < -0.39 is 0 Å². The van der Waals surface area contributed by atoms with Crippen LogP contribution in [-0.4, -0.2) is 42.7 Å². The molecular formula is C25H32N6. The second kappa shape index (κ2) is 9.79. The van der Waals surface area contributed by atoms with E-state index in [9.17, 15) is 0 Å². The fourth-order valence-electron chi connectivity index (χ4n) is 4.12. The fraction of sp³-hybridized carbons (Fsp3) is 0.360. The van der Waals surface area contributed by atoms with Gasteiger partial charge in [0.1, 0.15) is 5.82 Å². The van der Waals surface area contributed by atoms with E-state index in [1.807, 2.05) is 12.3 Å². The number of piperazine rings is 1. The second-order valence-corrected chi connectivity index (χ2v) is 7.90. The molecule has 1 fully saturated rings. The Morgan fingerprint density at radius 2 is 1.90 bits per heavy atom. The van der Waals surface area contributed by atoms with Crippen molar-refractivity contribution < 1.29 is 0 Å². The van der Waals surface area contributed by atoms with Crippen LogP contribution in [0.25, 0.3) is 0 Å². The Labute approximate surface area is 185 Å². The maximum absolute atomic E-state index is 4.82. The molecule has 0 amide bonds. The lowest BCUT2D eigenvalue weighted by atomic mass is 10.1. The van der Waals surface area contributed by atoms with Crippen molar-refractivity contribution in [2.24, 2.45) is 0 Å². The highest BCUT2D eigenvalue weighted by Gasteiger charge is 2.22. The monoisotopic (exact) mass is 416 g/mol. The molecule has 4 rings (SSSR count). The van der Waals surface area contributed by atoms with Gasteiger partial charge in [-0.3, -0.25) is 0 Å². The summed E-state index contributed by atoms with van der Waals surface area (Å²) in [5.41, 5.74) is 4.83. The lowest BCUT2D eigenvalue weighted by Crippen LogP contribution is -2.46. The van der Waals surface area contributed by atoms with Crippen molar-refractivity contribution in [2.75, 3.05) is 47.8 Å². The van der Waals surface area contributed by atoms with Crippen LogP contribution in [0, 0.1) is 6.92 Å². The van der Waals surface area contributed by atoms with Crippen molar-refractivity contribution in [3.05, 3.63) is 71.9 Å². The number of aromatic nitrogens is 2. The largest absolute Gasteiger partial charge is 0.372 e. The van der Waals surface area contributed by atoms with Gasteiger partial charge >= 0.3 is 0 Å². The molecule has 2 heterocycles. The molecule has 0 bridgehead atoms. The van der Waals surface area contributed by atoms with Crippen molar-refractivity contribution in [3.63, 3.8) is 0 Å². The normalized spacial score (nSPS) is 16.2. The Bertz CT molecular complexity index is 986. The van der Waals surface area contributed by atoms with Gasteiger partial charge < -0.3 is 20.4 Å². The SMILES string of the molecule is CCN(CC)c1ccc(Nc2ccnc(N3CCNC(c4ccccc4)C3)n2)c(C)c1. The molecule has 162 valence electrons. The van der Waals surface area contributed by atoms with Crippen LogP contribution >= 0.6 is 0 Å². The molecule has 0 spiro atoms. The van der Waals surface area contributed by atoms with Crippen LogP contribution in [0.3, 0.4) is 0 Å². The first kappa shape index (κ1) is 21.1. The summed E-state index contributed by atoms with van der Waals surface area (Å²) in [6, 6.07) is 19.3. The summed E-state index contributed by atoms with van der Waals surface area (Å²) in [4.78, 5) is 14.0. The minimum absolute atomic E-state index is 0.282. The number of anilines is 4. The van der Waals surface area contributed by atoms with Crippen LogP contribution in [0.1, 0.15) is 31.0 Å². The maximum atomic E-state index is 4.82. The van der Waals surface area contributed by atoms with Gasteiger partial charge in [0, 0.05) is 56.3 Å². The van der Waals surface area contributed by atoms with E-state index in [-0.39, 0.29) is 6.04 Å². The summed E-state index contributed by atoms with van der Waals surface area (Å²) in [6.45, 7) is 11.2. The van der Waals surface area contributed by atoms with E-state index in [0.717, 1.165) is 50.2 Å². The highest BCUT2D eigenvalue weighted by molar-refractivity contribution is 5.65. The Kier molecular flexibility index (Phi) is 6.67. The minimum atomic E-state index is 0.282. The molecule has 0 aliphatic carbocycles. The smallest absolute Gasteiger partial charge is 0.227 e. The van der Waals surface area contributed by atoms with Crippen molar-refractivity contribution in [1.29, 1.82) is 0 Å². The first-order valence-corrected chi connectivity index (χ1v) is 11.2. The van der Waals surface area contributed by atoms with Gasteiger partial charge in [-0.2, -0.15) is 4.98 Å². The van der Waals surface area contributed by atoms with Crippen LogP contribution in [0.2, 0.25) is 0 Å². The van der Waals surface area contributed by atoms with Gasteiger partial charge in [-0.1, -0.05) is 30.3 Å². The Morgan fingerprint density at radius 3 is 2.65 bits per heavy atom. The topological polar surface area (TPSA) is 56.3 Å². The highest BCUT2D eigenvalue weighted by Crippen LogP contribution is 2.26. The molecule has 1 aromatic heterocycles. The van der Waals surface area contributed by atoms with Gasteiger partial charge in [-0.05, 0) is 56.2 Å². The third-order valence-electron chi connectivity index (χ3n) is 5.90. The van der Waals surface area contributed by atoms with Crippen LogP contribution in [0.5, 0.6) is 0 Å². The average molecular weight is 417 g/mol. The average Bonchev–Trinajstić information content (AvgIpc) is 2.82. The number of rotatable bonds is 7. The number of benzene rings is 2. The maximum Gasteiger partial charge on any atom is 0.227 e. The molecule has 6 heteroatoms. The Hall–Kier alpha value is -3.12. The molecule has 1 unspecified atom stereocenters. The number of hydrogen-bond donors (Lipinski definition) is 2. The lowest BCUT2D eigenvalue weighted by molar-refractivity contribution is 0.467. The van der Waals surface area contributed by atoms with Gasteiger partial charge in [-0.25, -0.2) is 4.98 Å². The van der Waals surface area contributed by atoms with Gasteiger partial charge in [0.25, 0.3) is 0 Å². The molecule has 1 saturated heterocycles. The van der Waals surface area contributed by atoms with E-state index in [1.54, 1.807) is 0 Å². The quantitative estimate of drug-likeness (QED) is 0.590. The van der Waals surface area contributed by atoms with Crippen LogP contribution in [0.4, 0.5) is 23.1 Å². The van der Waals surface area contributed by atoms with E-state index in [2.05, 4.69) is 94.7 Å². The number of nitrogens with zero attached hydrogens (tertiary/aromatic N) is 4. The van der Waals surface area contributed by atoms with Crippen LogP contribution in [-0.2, 0) is 0 Å². The molecule has 1 aliphatic heterocycles. The summed E-state index contributed by atoms with van der Waals surface area (Å²) in [5.74, 6) is 1.59. The predicted molar refractivity (Wildman–Crippen MR) is 129 cm³/mol. The third kappa shape index (κ3) is 4.97.